The van der Waals surface area contributed by atoms with Crippen LogP contribution in [0.2, 0.25) is 0 Å². The molecule has 0 radical (unpaired) electrons. The normalized spacial score (nSPS) is 17.8. The smallest absolute Gasteiger partial charge is 0.410 e. The van der Waals surface area contributed by atoms with E-state index in [1.807, 2.05) is 19.9 Å². The molecule has 3 aromatic rings. The quantitative estimate of drug-likeness (QED) is 0.302. The Balaban J connectivity index is 1.35. The minimum atomic E-state index is -4.74. The molecule has 0 bridgehead atoms. The lowest BCUT2D eigenvalue weighted by Gasteiger charge is -2.35. The zero-order chi connectivity index (χ0) is 34.3. The van der Waals surface area contributed by atoms with E-state index in [0.29, 0.717) is 60.9 Å². The average Bonchev–Trinajstić information content (AvgIpc) is 3.67. The summed E-state index contributed by atoms with van der Waals surface area (Å²) < 4.78 is 54.9. The van der Waals surface area contributed by atoms with Gasteiger partial charge in [0.2, 0.25) is 5.91 Å². The fourth-order valence-corrected chi connectivity index (χ4v) is 5.72. The summed E-state index contributed by atoms with van der Waals surface area (Å²) in [7, 11) is 0. The van der Waals surface area contributed by atoms with Crippen LogP contribution in [0, 0.1) is 17.2 Å². The van der Waals surface area contributed by atoms with Crippen molar-refractivity contribution in [1.82, 2.24) is 20.4 Å². The molecule has 0 unspecified atom stereocenters. The molecular formula is C34H40F3N5O5. The van der Waals surface area contributed by atoms with Gasteiger partial charge in [-0.15, -0.1) is 0 Å². The van der Waals surface area contributed by atoms with Gasteiger partial charge in [-0.1, -0.05) is 26.0 Å². The molecule has 1 saturated carbocycles. The largest absolute Gasteiger partial charge is 0.456 e. The van der Waals surface area contributed by atoms with Crippen molar-refractivity contribution in [3.63, 3.8) is 0 Å². The molecule has 1 saturated heterocycles. The van der Waals surface area contributed by atoms with Crippen molar-refractivity contribution >= 4 is 39.8 Å². The number of carbonyl (C=O) groups excluding carboxylic acids is 3. The van der Waals surface area contributed by atoms with E-state index in [-0.39, 0.29) is 29.4 Å². The number of hydrogen-bond donors (Lipinski definition) is 2. The van der Waals surface area contributed by atoms with Crippen molar-refractivity contribution in [3.05, 3.63) is 47.5 Å². The molecule has 1 aliphatic heterocycles. The number of nitriles is 1. The maximum atomic E-state index is 14.5. The van der Waals surface area contributed by atoms with E-state index in [4.69, 9.17) is 9.15 Å². The minimum Gasteiger partial charge on any atom is -0.456 e. The summed E-state index contributed by atoms with van der Waals surface area (Å²) in [4.78, 5) is 42.0. The van der Waals surface area contributed by atoms with Crippen LogP contribution in [0.4, 0.5) is 18.0 Å². The Morgan fingerprint density at radius 2 is 1.64 bits per heavy atom. The molecule has 2 aliphatic rings. The Labute approximate surface area is 271 Å². The molecule has 252 valence electrons. The number of furan rings is 1. The number of piperazine rings is 1. The predicted molar refractivity (Wildman–Crippen MR) is 168 cm³/mol. The van der Waals surface area contributed by atoms with Crippen LogP contribution in [0.15, 0.2) is 40.8 Å². The van der Waals surface area contributed by atoms with E-state index >= 15 is 0 Å². The van der Waals surface area contributed by atoms with Crippen molar-refractivity contribution in [2.75, 3.05) is 26.2 Å². The van der Waals surface area contributed by atoms with Crippen molar-refractivity contribution in [2.45, 2.75) is 83.3 Å². The third-order valence-corrected chi connectivity index (χ3v) is 8.34. The molecule has 1 aromatic heterocycles. The molecule has 10 nitrogen and oxygen atoms in total. The highest BCUT2D eigenvalue weighted by molar-refractivity contribution is 6.08. The lowest BCUT2D eigenvalue weighted by molar-refractivity contribution is -0.161. The molecule has 2 fully saturated rings. The van der Waals surface area contributed by atoms with Crippen LogP contribution in [0.1, 0.15) is 75.8 Å². The van der Waals surface area contributed by atoms with E-state index in [9.17, 15) is 32.8 Å². The Morgan fingerprint density at radius 1 is 0.979 bits per heavy atom. The number of halogens is 3. The Hall–Kier alpha value is -4.31. The topological polar surface area (TPSA) is 128 Å². The SMILES string of the molecule is CC(C)C[C@H](N[C@@H](c1ccc2c(c1)oc1ccc(C(=O)N3CCN(C(=O)OC(C)(C)C)CC3)cc12)C(F)(F)F)C(=O)NC1(C#N)CC1. The van der Waals surface area contributed by atoms with E-state index in [1.54, 1.807) is 48.8 Å². The van der Waals surface area contributed by atoms with E-state index in [2.05, 4.69) is 10.6 Å². The van der Waals surface area contributed by atoms with E-state index in [0.717, 1.165) is 0 Å². The summed E-state index contributed by atoms with van der Waals surface area (Å²) >= 11 is 0. The summed E-state index contributed by atoms with van der Waals surface area (Å²) in [6.07, 6.45) is -4.10. The summed E-state index contributed by atoms with van der Waals surface area (Å²) in [5.74, 6) is -0.963. The zero-order valence-corrected chi connectivity index (χ0v) is 27.2. The minimum absolute atomic E-state index is 0.0898. The Bertz CT molecular complexity index is 1710. The lowest BCUT2D eigenvalue weighted by atomic mass is 9.98. The summed E-state index contributed by atoms with van der Waals surface area (Å²) in [6.45, 7) is 10.3. The molecule has 2 aromatic carbocycles. The Morgan fingerprint density at radius 3 is 2.21 bits per heavy atom. The molecule has 0 spiro atoms. The number of fused-ring (bicyclic) bond motifs is 3. The molecule has 1 aliphatic carbocycles. The highest BCUT2D eigenvalue weighted by atomic mass is 19.4. The number of ether oxygens (including phenoxy) is 1. The zero-order valence-electron chi connectivity index (χ0n) is 27.2. The number of hydrogen-bond acceptors (Lipinski definition) is 7. The highest BCUT2D eigenvalue weighted by Gasteiger charge is 2.47. The van der Waals surface area contributed by atoms with Gasteiger partial charge >= 0.3 is 12.3 Å². The predicted octanol–water partition coefficient (Wildman–Crippen LogP) is 6.06. The van der Waals surface area contributed by atoms with Gasteiger partial charge in [0.05, 0.1) is 12.1 Å². The van der Waals surface area contributed by atoms with Gasteiger partial charge in [0, 0.05) is 42.5 Å². The second-order valence-electron chi connectivity index (χ2n) is 13.8. The van der Waals surface area contributed by atoms with Crippen molar-refractivity contribution in [2.24, 2.45) is 5.92 Å². The Kier molecular flexibility index (Phi) is 9.21. The highest BCUT2D eigenvalue weighted by Crippen LogP contribution is 2.38. The van der Waals surface area contributed by atoms with E-state index < -0.39 is 41.4 Å². The van der Waals surface area contributed by atoms with Gasteiger partial charge in [-0.05, 0) is 75.8 Å². The number of nitrogens with zero attached hydrogens (tertiary/aromatic N) is 3. The molecule has 2 atom stereocenters. The van der Waals surface area contributed by atoms with Gasteiger partial charge in [0.1, 0.15) is 28.3 Å². The first-order chi connectivity index (χ1) is 22.0. The first-order valence-corrected chi connectivity index (χ1v) is 15.8. The van der Waals surface area contributed by atoms with Crippen LogP contribution in [0.25, 0.3) is 21.9 Å². The average molecular weight is 656 g/mol. The van der Waals surface area contributed by atoms with Crippen molar-refractivity contribution < 1.29 is 36.7 Å². The molecule has 47 heavy (non-hydrogen) atoms. The molecule has 13 heteroatoms. The molecule has 2 heterocycles. The number of rotatable bonds is 8. The molecule has 5 rings (SSSR count). The monoisotopic (exact) mass is 655 g/mol. The summed E-state index contributed by atoms with van der Waals surface area (Å²) in [5, 5.41) is 15.6. The van der Waals surface area contributed by atoms with Gasteiger partial charge in [0.25, 0.3) is 5.91 Å². The number of amides is 3. The molecular weight excluding hydrogens is 615 g/mol. The summed E-state index contributed by atoms with van der Waals surface area (Å²) in [6, 6.07) is 7.74. The van der Waals surface area contributed by atoms with Crippen LogP contribution in [-0.2, 0) is 9.53 Å². The van der Waals surface area contributed by atoms with E-state index in [1.165, 1.54) is 18.2 Å². The van der Waals surface area contributed by atoms with Crippen LogP contribution < -0.4 is 10.6 Å². The lowest BCUT2D eigenvalue weighted by Crippen LogP contribution is -2.52. The second kappa shape index (κ2) is 12.7. The van der Waals surface area contributed by atoms with Crippen LogP contribution in [0.3, 0.4) is 0 Å². The second-order valence-corrected chi connectivity index (χ2v) is 13.8. The van der Waals surface area contributed by atoms with Gasteiger partial charge in [-0.3, -0.25) is 14.9 Å². The molecule has 2 N–H and O–H groups in total. The summed E-state index contributed by atoms with van der Waals surface area (Å²) in [5.41, 5.74) is -0.769. The third kappa shape index (κ3) is 7.81. The van der Waals surface area contributed by atoms with Crippen molar-refractivity contribution in [3.8, 4) is 6.07 Å². The fourth-order valence-electron chi connectivity index (χ4n) is 5.72. The number of alkyl halides is 3. The van der Waals surface area contributed by atoms with Gasteiger partial charge in [-0.2, -0.15) is 18.4 Å². The standard InChI is InChI=1S/C34H40F3N5O5/c1-20(2)16-25(29(43)40-33(19-38)10-11-33)39-28(34(35,36)37)21-6-8-23-24-17-22(7-9-26(24)46-27(23)18-21)30(44)41-12-14-42(15-13-41)31(45)47-32(3,4)5/h6-9,17-18,20,25,28,39H,10-16H2,1-5H3,(H,40,43)/t25-,28-/m0/s1. The maximum Gasteiger partial charge on any atom is 0.410 e. The number of nitrogens with one attached hydrogen (secondary N) is 2. The molecule has 3 amide bonds. The van der Waals surface area contributed by atoms with Gasteiger partial charge in [-0.25, -0.2) is 4.79 Å². The van der Waals surface area contributed by atoms with Crippen LogP contribution in [-0.4, -0.2) is 77.2 Å². The number of benzene rings is 2. The number of carbonyl (C=O) groups is 3. The third-order valence-electron chi connectivity index (χ3n) is 8.34. The van der Waals surface area contributed by atoms with Crippen LogP contribution >= 0.6 is 0 Å². The van der Waals surface area contributed by atoms with Crippen LogP contribution in [0.5, 0.6) is 0 Å². The first-order valence-electron chi connectivity index (χ1n) is 15.8. The maximum absolute atomic E-state index is 14.5. The fraction of sp³-hybridized carbons (Fsp3) is 0.529. The first kappa shape index (κ1) is 34.0. The van der Waals surface area contributed by atoms with Gasteiger partial charge < -0.3 is 24.3 Å². The van der Waals surface area contributed by atoms with Crippen molar-refractivity contribution in [1.29, 1.82) is 5.26 Å². The van der Waals surface area contributed by atoms with Gasteiger partial charge in [0.15, 0.2) is 0 Å².